The molecule has 1 aliphatic rings. The molecule has 0 radical (unpaired) electrons. The first kappa shape index (κ1) is 22.1. The van der Waals surface area contributed by atoms with Crippen molar-refractivity contribution in [2.45, 2.75) is 35.5 Å². The quantitative estimate of drug-likeness (QED) is 0.654. The Morgan fingerprint density at radius 2 is 1.80 bits per heavy atom. The molecule has 2 aromatic carbocycles. The Bertz CT molecular complexity index is 932. The fourth-order valence-corrected chi connectivity index (χ4v) is 5.23. The van der Waals surface area contributed by atoms with E-state index in [4.69, 9.17) is 14.2 Å². The van der Waals surface area contributed by atoms with E-state index in [0.29, 0.717) is 48.8 Å². The molecule has 3 rings (SSSR count). The van der Waals surface area contributed by atoms with E-state index in [1.165, 1.54) is 7.11 Å². The van der Waals surface area contributed by atoms with Gasteiger partial charge in [0.05, 0.1) is 23.4 Å². The zero-order valence-electron chi connectivity index (χ0n) is 17.0. The first-order valence-electron chi connectivity index (χ1n) is 9.93. The lowest BCUT2D eigenvalue weighted by molar-refractivity contribution is -0.123. The van der Waals surface area contributed by atoms with Gasteiger partial charge in [-0.3, -0.25) is 4.79 Å². The summed E-state index contributed by atoms with van der Waals surface area (Å²) >= 11 is 0. The predicted octanol–water partition coefficient (Wildman–Crippen LogP) is 2.60. The number of amides is 1. The van der Waals surface area contributed by atoms with Crippen molar-refractivity contribution in [3.05, 3.63) is 54.6 Å². The van der Waals surface area contributed by atoms with Gasteiger partial charge in [-0.25, -0.2) is 8.42 Å². The third kappa shape index (κ3) is 5.73. The maximum absolute atomic E-state index is 12.8. The lowest BCUT2D eigenvalue weighted by Gasteiger charge is -2.29. The molecule has 1 N–H and O–H groups in total. The van der Waals surface area contributed by atoms with E-state index in [-0.39, 0.29) is 18.6 Å². The molecule has 30 heavy (non-hydrogen) atoms. The standard InChI is InChI=1S/C22H27NO6S/c1-27-20-9-5-6-10-21(20)29-16-22(24)23-13-11-17-15-19(12-14-28-17)30(25,26)18-7-3-2-4-8-18/h2-10,17,19H,11-16H2,1H3,(H,23,24)/t17-,19+/m0/s1. The van der Waals surface area contributed by atoms with Gasteiger partial charge in [-0.2, -0.15) is 0 Å². The van der Waals surface area contributed by atoms with Crippen molar-refractivity contribution in [1.29, 1.82) is 0 Å². The number of carbonyl (C=O) groups excluding carboxylic acids is 1. The van der Waals surface area contributed by atoms with Crippen molar-refractivity contribution < 1.29 is 27.4 Å². The van der Waals surface area contributed by atoms with Crippen molar-refractivity contribution >= 4 is 15.7 Å². The molecule has 1 fully saturated rings. The molecule has 1 amide bonds. The van der Waals surface area contributed by atoms with Crippen LogP contribution in [-0.2, 0) is 19.4 Å². The fraction of sp³-hybridized carbons (Fsp3) is 0.409. The van der Waals surface area contributed by atoms with E-state index in [0.717, 1.165) is 0 Å². The number of para-hydroxylation sites is 2. The minimum atomic E-state index is -3.38. The molecule has 0 spiro atoms. The smallest absolute Gasteiger partial charge is 0.257 e. The summed E-state index contributed by atoms with van der Waals surface area (Å²) in [6.45, 7) is 0.653. The number of hydrogen-bond donors (Lipinski definition) is 1. The molecular formula is C22H27NO6S. The van der Waals surface area contributed by atoms with Gasteiger partial charge in [-0.1, -0.05) is 30.3 Å². The van der Waals surface area contributed by atoms with Gasteiger partial charge in [0.15, 0.2) is 27.9 Å². The average molecular weight is 434 g/mol. The normalized spacial score (nSPS) is 19.1. The molecule has 0 aromatic heterocycles. The molecule has 0 unspecified atom stereocenters. The maximum Gasteiger partial charge on any atom is 0.257 e. The van der Waals surface area contributed by atoms with Crippen LogP contribution >= 0.6 is 0 Å². The van der Waals surface area contributed by atoms with Crippen LogP contribution in [0.2, 0.25) is 0 Å². The fourth-order valence-electron chi connectivity index (χ4n) is 3.44. The van der Waals surface area contributed by atoms with Crippen LogP contribution in [0.3, 0.4) is 0 Å². The number of ether oxygens (including phenoxy) is 3. The molecule has 0 aliphatic carbocycles. The molecule has 2 atom stereocenters. The first-order valence-corrected chi connectivity index (χ1v) is 11.5. The van der Waals surface area contributed by atoms with Crippen LogP contribution < -0.4 is 14.8 Å². The Kier molecular flexibility index (Phi) is 7.70. The number of carbonyl (C=O) groups is 1. The number of methoxy groups -OCH3 is 1. The van der Waals surface area contributed by atoms with E-state index >= 15 is 0 Å². The minimum absolute atomic E-state index is 0.128. The number of sulfone groups is 1. The molecule has 0 bridgehead atoms. The van der Waals surface area contributed by atoms with Crippen LogP contribution in [0.25, 0.3) is 0 Å². The van der Waals surface area contributed by atoms with Gasteiger partial charge >= 0.3 is 0 Å². The van der Waals surface area contributed by atoms with Gasteiger partial charge in [-0.15, -0.1) is 0 Å². The molecule has 1 aliphatic heterocycles. The number of nitrogens with one attached hydrogen (secondary N) is 1. The Labute approximate surface area is 177 Å². The van der Waals surface area contributed by atoms with Crippen molar-refractivity contribution in [2.24, 2.45) is 0 Å². The number of benzene rings is 2. The first-order chi connectivity index (χ1) is 14.5. The van der Waals surface area contributed by atoms with Gasteiger partial charge in [0.1, 0.15) is 0 Å². The zero-order valence-corrected chi connectivity index (χ0v) is 17.8. The monoisotopic (exact) mass is 433 g/mol. The highest BCUT2D eigenvalue weighted by Crippen LogP contribution is 2.27. The topological polar surface area (TPSA) is 90.9 Å². The summed E-state index contributed by atoms with van der Waals surface area (Å²) < 4.78 is 42.1. The second kappa shape index (κ2) is 10.4. The van der Waals surface area contributed by atoms with Gasteiger partial charge < -0.3 is 19.5 Å². The third-order valence-corrected chi connectivity index (χ3v) is 7.28. The summed E-state index contributed by atoms with van der Waals surface area (Å²) in [5.41, 5.74) is 0. The van der Waals surface area contributed by atoms with Crippen LogP contribution in [0.4, 0.5) is 0 Å². The Morgan fingerprint density at radius 3 is 2.53 bits per heavy atom. The van der Waals surface area contributed by atoms with Gasteiger partial charge in [0.2, 0.25) is 0 Å². The highest BCUT2D eigenvalue weighted by molar-refractivity contribution is 7.92. The summed E-state index contributed by atoms with van der Waals surface area (Å²) in [6, 6.07) is 15.6. The van der Waals surface area contributed by atoms with Gasteiger partial charge in [-0.05, 0) is 43.5 Å². The van der Waals surface area contributed by atoms with Crippen molar-refractivity contribution in [2.75, 3.05) is 26.9 Å². The van der Waals surface area contributed by atoms with Crippen LogP contribution in [0.15, 0.2) is 59.5 Å². The summed E-state index contributed by atoms with van der Waals surface area (Å²) in [5, 5.41) is 2.32. The van der Waals surface area contributed by atoms with Crippen molar-refractivity contribution in [3.8, 4) is 11.5 Å². The second-order valence-electron chi connectivity index (χ2n) is 7.08. The second-order valence-corrected chi connectivity index (χ2v) is 9.30. The average Bonchev–Trinajstić information content (AvgIpc) is 2.78. The minimum Gasteiger partial charge on any atom is -0.493 e. The molecule has 1 heterocycles. The molecule has 7 nitrogen and oxygen atoms in total. The highest BCUT2D eigenvalue weighted by atomic mass is 32.2. The van der Waals surface area contributed by atoms with E-state index in [1.807, 2.05) is 6.07 Å². The van der Waals surface area contributed by atoms with E-state index in [1.54, 1.807) is 48.5 Å². The molecule has 162 valence electrons. The lowest BCUT2D eigenvalue weighted by atomic mass is 10.1. The Balaban J connectivity index is 1.44. The zero-order chi connectivity index (χ0) is 21.4. The SMILES string of the molecule is COc1ccccc1OCC(=O)NCC[C@H]1C[C@H](S(=O)(=O)c2ccccc2)CCO1. The number of hydrogen-bond acceptors (Lipinski definition) is 6. The summed E-state index contributed by atoms with van der Waals surface area (Å²) in [5.74, 6) is 0.802. The van der Waals surface area contributed by atoms with Crippen LogP contribution in [0, 0.1) is 0 Å². The van der Waals surface area contributed by atoms with Crippen LogP contribution in [0.1, 0.15) is 19.3 Å². The maximum atomic E-state index is 12.8. The van der Waals surface area contributed by atoms with Crippen LogP contribution in [0.5, 0.6) is 11.5 Å². The summed E-state index contributed by atoms with van der Waals surface area (Å²) in [7, 11) is -1.84. The van der Waals surface area contributed by atoms with Crippen molar-refractivity contribution in [3.63, 3.8) is 0 Å². The third-order valence-electron chi connectivity index (χ3n) is 5.05. The Hall–Kier alpha value is -2.58. The largest absolute Gasteiger partial charge is 0.493 e. The van der Waals surface area contributed by atoms with E-state index < -0.39 is 15.1 Å². The highest BCUT2D eigenvalue weighted by Gasteiger charge is 2.33. The molecule has 0 saturated carbocycles. The van der Waals surface area contributed by atoms with Crippen LogP contribution in [-0.4, -0.2) is 52.5 Å². The molecular weight excluding hydrogens is 406 g/mol. The summed E-state index contributed by atoms with van der Waals surface area (Å²) in [4.78, 5) is 12.4. The van der Waals surface area contributed by atoms with Gasteiger partial charge in [0, 0.05) is 13.2 Å². The molecule has 8 heteroatoms. The lowest BCUT2D eigenvalue weighted by Crippen LogP contribution is -2.37. The molecule has 2 aromatic rings. The Morgan fingerprint density at radius 1 is 1.10 bits per heavy atom. The molecule has 1 saturated heterocycles. The van der Waals surface area contributed by atoms with Crippen molar-refractivity contribution in [1.82, 2.24) is 5.32 Å². The number of rotatable bonds is 9. The van der Waals surface area contributed by atoms with E-state index in [2.05, 4.69) is 5.32 Å². The van der Waals surface area contributed by atoms with E-state index in [9.17, 15) is 13.2 Å². The predicted molar refractivity (Wildman–Crippen MR) is 113 cm³/mol. The summed E-state index contributed by atoms with van der Waals surface area (Å²) in [6.07, 6.45) is 1.23. The van der Waals surface area contributed by atoms with Gasteiger partial charge in [0.25, 0.3) is 5.91 Å².